The minimum absolute atomic E-state index is 0.678. The molecule has 0 fully saturated rings. The van der Waals surface area contributed by atoms with Crippen molar-refractivity contribution in [3.8, 4) is 17.1 Å². The van der Waals surface area contributed by atoms with Crippen LogP contribution in [0.4, 0.5) is 0 Å². The number of hydrogen-bond donors (Lipinski definition) is 1. The lowest BCUT2D eigenvalue weighted by molar-refractivity contribution is 1.05. The van der Waals surface area contributed by atoms with Crippen LogP contribution in [0.1, 0.15) is 0 Å². The summed E-state index contributed by atoms with van der Waals surface area (Å²) in [6.45, 7) is 0. The van der Waals surface area contributed by atoms with E-state index in [-0.39, 0.29) is 0 Å². The molecule has 0 aliphatic rings. The third-order valence-corrected chi connectivity index (χ3v) is 4.88. The van der Waals surface area contributed by atoms with E-state index < -0.39 is 0 Å². The van der Waals surface area contributed by atoms with E-state index in [9.17, 15) is 0 Å². The summed E-state index contributed by atoms with van der Waals surface area (Å²) >= 11 is 0. The van der Waals surface area contributed by atoms with Crippen molar-refractivity contribution in [3.63, 3.8) is 0 Å². The summed E-state index contributed by atoms with van der Waals surface area (Å²) in [6, 6.07) is 14.7. The van der Waals surface area contributed by atoms with E-state index in [4.69, 9.17) is 0 Å². The first-order valence-electron chi connectivity index (χ1n) is 8.68. The number of aromatic nitrogens is 6. The van der Waals surface area contributed by atoms with Gasteiger partial charge in [-0.2, -0.15) is 0 Å². The molecule has 0 atom stereocenters. The van der Waals surface area contributed by atoms with Crippen molar-refractivity contribution in [1.82, 2.24) is 28.9 Å². The van der Waals surface area contributed by atoms with Crippen molar-refractivity contribution in [2.75, 3.05) is 0 Å². The topological polar surface area (TPSA) is 63.8 Å². The molecule has 0 aliphatic heterocycles. The standard InChI is InChI=1S/C21H14N6/c1-2-17-5-6-18(12-26(17)7-1)27-10-15-4-3-14(8-16(15)11-27)20-24-19-9-22-13-23-21(19)25-20/h1-13H,(H,22,23,24,25). The van der Waals surface area contributed by atoms with Crippen LogP contribution in [0.25, 0.3) is 44.5 Å². The predicted molar refractivity (Wildman–Crippen MR) is 105 cm³/mol. The van der Waals surface area contributed by atoms with Gasteiger partial charge in [0.2, 0.25) is 0 Å². The Hall–Kier alpha value is -3.93. The highest BCUT2D eigenvalue weighted by molar-refractivity contribution is 5.88. The second-order valence-electron chi connectivity index (χ2n) is 6.58. The molecule has 5 heterocycles. The van der Waals surface area contributed by atoms with Crippen LogP contribution in [-0.2, 0) is 0 Å². The number of rotatable bonds is 2. The highest BCUT2D eigenvalue weighted by Gasteiger charge is 2.08. The van der Waals surface area contributed by atoms with Crippen molar-refractivity contribution in [2.24, 2.45) is 0 Å². The largest absolute Gasteiger partial charge is 0.335 e. The number of pyridine rings is 1. The van der Waals surface area contributed by atoms with Crippen molar-refractivity contribution >= 4 is 27.5 Å². The molecule has 5 aromatic heterocycles. The normalized spacial score (nSPS) is 11.7. The van der Waals surface area contributed by atoms with Crippen LogP contribution < -0.4 is 0 Å². The van der Waals surface area contributed by atoms with Crippen LogP contribution in [0.15, 0.2) is 79.8 Å². The molecule has 128 valence electrons. The minimum Gasteiger partial charge on any atom is -0.335 e. The highest BCUT2D eigenvalue weighted by atomic mass is 15.0. The maximum absolute atomic E-state index is 4.57. The van der Waals surface area contributed by atoms with Gasteiger partial charge >= 0.3 is 0 Å². The van der Waals surface area contributed by atoms with Gasteiger partial charge < -0.3 is 14.0 Å². The molecule has 0 amide bonds. The van der Waals surface area contributed by atoms with Gasteiger partial charge in [-0.25, -0.2) is 15.0 Å². The van der Waals surface area contributed by atoms with Gasteiger partial charge in [0.05, 0.1) is 11.9 Å². The predicted octanol–water partition coefficient (Wildman–Crippen LogP) is 4.22. The summed E-state index contributed by atoms with van der Waals surface area (Å²) in [5, 5.41) is 2.34. The Labute approximate surface area is 153 Å². The summed E-state index contributed by atoms with van der Waals surface area (Å²) in [4.78, 5) is 16.1. The number of hydrogen-bond acceptors (Lipinski definition) is 3. The molecule has 1 N–H and O–H groups in total. The first kappa shape index (κ1) is 14.3. The molecular formula is C21H14N6. The lowest BCUT2D eigenvalue weighted by Gasteiger charge is -2.03. The zero-order valence-electron chi connectivity index (χ0n) is 14.2. The zero-order chi connectivity index (χ0) is 17.8. The molecule has 6 rings (SSSR count). The van der Waals surface area contributed by atoms with Gasteiger partial charge in [-0.1, -0.05) is 12.1 Å². The Morgan fingerprint density at radius 2 is 1.89 bits per heavy atom. The number of nitrogens with one attached hydrogen (secondary N) is 1. The van der Waals surface area contributed by atoms with Crippen molar-refractivity contribution in [3.05, 3.63) is 79.8 Å². The van der Waals surface area contributed by atoms with Gasteiger partial charge in [0.25, 0.3) is 0 Å². The zero-order valence-corrected chi connectivity index (χ0v) is 14.2. The smallest absolute Gasteiger partial charge is 0.181 e. The number of imidazole rings is 1. The fourth-order valence-electron chi connectivity index (χ4n) is 3.51. The summed E-state index contributed by atoms with van der Waals surface area (Å²) in [5.74, 6) is 0.800. The summed E-state index contributed by atoms with van der Waals surface area (Å²) in [6.07, 6.45) is 11.7. The van der Waals surface area contributed by atoms with E-state index in [2.05, 4.69) is 96.2 Å². The summed E-state index contributed by atoms with van der Waals surface area (Å²) in [7, 11) is 0. The average molecular weight is 350 g/mol. The number of nitrogens with zero attached hydrogens (tertiary/aromatic N) is 5. The van der Waals surface area contributed by atoms with E-state index in [1.807, 2.05) is 0 Å². The molecule has 6 nitrogen and oxygen atoms in total. The van der Waals surface area contributed by atoms with Crippen molar-refractivity contribution in [2.45, 2.75) is 0 Å². The van der Waals surface area contributed by atoms with Crippen LogP contribution in [0.2, 0.25) is 0 Å². The Morgan fingerprint density at radius 1 is 0.926 bits per heavy atom. The van der Waals surface area contributed by atoms with Crippen LogP contribution >= 0.6 is 0 Å². The highest BCUT2D eigenvalue weighted by Crippen LogP contribution is 2.26. The van der Waals surface area contributed by atoms with E-state index >= 15 is 0 Å². The molecule has 0 saturated carbocycles. The second-order valence-corrected chi connectivity index (χ2v) is 6.58. The van der Waals surface area contributed by atoms with Crippen molar-refractivity contribution in [1.29, 1.82) is 0 Å². The van der Waals surface area contributed by atoms with Gasteiger partial charge in [-0.05, 0) is 35.7 Å². The molecule has 0 saturated heterocycles. The first-order chi connectivity index (χ1) is 13.3. The molecule has 6 heteroatoms. The van der Waals surface area contributed by atoms with Crippen LogP contribution in [0, 0.1) is 0 Å². The number of fused-ring (bicyclic) bond motifs is 3. The SMILES string of the molecule is c1cc2ccc(-n3cc4ccc(-c5nc6ncncc6[nH]5)cc4c3)cn2c1. The molecule has 0 aliphatic carbocycles. The summed E-state index contributed by atoms with van der Waals surface area (Å²) < 4.78 is 4.28. The quantitative estimate of drug-likeness (QED) is 0.509. The van der Waals surface area contributed by atoms with E-state index in [1.54, 1.807) is 6.20 Å². The number of H-pyrrole nitrogens is 1. The molecule has 0 unspecified atom stereocenters. The lowest BCUT2D eigenvalue weighted by Crippen LogP contribution is -1.92. The Bertz CT molecular complexity index is 1400. The molecule has 0 bridgehead atoms. The molecule has 0 radical (unpaired) electrons. The fraction of sp³-hybridized carbons (Fsp3) is 0. The van der Waals surface area contributed by atoms with E-state index in [0.29, 0.717) is 5.65 Å². The molecule has 6 aromatic rings. The molecular weight excluding hydrogens is 336 g/mol. The van der Waals surface area contributed by atoms with Crippen LogP contribution in [0.3, 0.4) is 0 Å². The summed E-state index contributed by atoms with van der Waals surface area (Å²) in [5.41, 5.74) is 4.85. The Morgan fingerprint density at radius 3 is 2.85 bits per heavy atom. The molecule has 27 heavy (non-hydrogen) atoms. The minimum atomic E-state index is 0.678. The van der Waals surface area contributed by atoms with Crippen LogP contribution in [-0.4, -0.2) is 28.9 Å². The number of aromatic amines is 1. The first-order valence-corrected chi connectivity index (χ1v) is 8.68. The van der Waals surface area contributed by atoms with E-state index in [0.717, 1.165) is 28.0 Å². The van der Waals surface area contributed by atoms with Crippen LogP contribution in [0.5, 0.6) is 0 Å². The van der Waals surface area contributed by atoms with Crippen molar-refractivity contribution < 1.29 is 0 Å². The Kier molecular flexibility index (Phi) is 2.79. The third-order valence-electron chi connectivity index (χ3n) is 4.88. The second kappa shape index (κ2) is 5.28. The third kappa shape index (κ3) is 2.23. The van der Waals surface area contributed by atoms with Gasteiger partial charge in [-0.15, -0.1) is 0 Å². The van der Waals surface area contributed by atoms with Gasteiger partial charge in [0.15, 0.2) is 5.65 Å². The van der Waals surface area contributed by atoms with Gasteiger partial charge in [0, 0.05) is 41.3 Å². The van der Waals surface area contributed by atoms with Gasteiger partial charge in [0.1, 0.15) is 17.7 Å². The fourth-order valence-corrected chi connectivity index (χ4v) is 3.51. The van der Waals surface area contributed by atoms with E-state index in [1.165, 1.54) is 17.2 Å². The number of benzene rings is 1. The Balaban J connectivity index is 1.46. The maximum Gasteiger partial charge on any atom is 0.181 e. The lowest BCUT2D eigenvalue weighted by atomic mass is 10.1. The maximum atomic E-state index is 4.57. The van der Waals surface area contributed by atoms with Gasteiger partial charge in [-0.3, -0.25) is 0 Å². The monoisotopic (exact) mass is 350 g/mol. The molecule has 1 aromatic carbocycles. The average Bonchev–Trinajstić information content (AvgIpc) is 3.42. The molecule has 0 spiro atoms.